The van der Waals surface area contributed by atoms with Gasteiger partial charge >= 0.3 is 0 Å². The lowest BCUT2D eigenvalue weighted by Gasteiger charge is -2.54. The van der Waals surface area contributed by atoms with E-state index in [9.17, 15) is 0 Å². The minimum atomic E-state index is -0.118. The van der Waals surface area contributed by atoms with Crippen LogP contribution in [0, 0.1) is 0 Å². The van der Waals surface area contributed by atoms with Crippen LogP contribution in [-0.2, 0) is 0 Å². The molecule has 0 amide bonds. The standard InChI is InChI=1S/C10H24N4/c1-13-4-7-14(8-5-13,9-6-13)3-2-10(11)12/h10H,2-9,11-12H2,1H3/q+2. The van der Waals surface area contributed by atoms with Gasteiger partial charge in [0.1, 0.15) is 39.3 Å². The second-order valence-corrected chi connectivity index (χ2v) is 5.48. The number of likely N-dealkylation sites (N-methyl/N-ethyl adjacent to an activating group) is 1. The summed E-state index contributed by atoms with van der Waals surface area (Å²) < 4.78 is 2.59. The van der Waals surface area contributed by atoms with E-state index in [1.54, 1.807) is 0 Å². The molecule has 0 aromatic carbocycles. The average Bonchev–Trinajstić information content (AvgIpc) is 2.17. The Morgan fingerprint density at radius 3 is 1.93 bits per heavy atom. The maximum Gasteiger partial charge on any atom is 0.129 e. The van der Waals surface area contributed by atoms with E-state index in [-0.39, 0.29) is 6.17 Å². The molecular formula is C10H24N4+2. The minimum absolute atomic E-state index is 0.118. The Balaban J connectivity index is 1.92. The van der Waals surface area contributed by atoms with Gasteiger partial charge in [0.25, 0.3) is 0 Å². The summed E-state index contributed by atoms with van der Waals surface area (Å²) in [7, 11) is 2.39. The number of nitrogens with two attached hydrogens (primary N) is 2. The quantitative estimate of drug-likeness (QED) is 0.449. The summed E-state index contributed by atoms with van der Waals surface area (Å²) in [6.45, 7) is 9.24. The molecule has 3 heterocycles. The van der Waals surface area contributed by atoms with E-state index in [2.05, 4.69) is 7.05 Å². The predicted molar refractivity (Wildman–Crippen MR) is 57.3 cm³/mol. The summed E-state index contributed by atoms with van der Waals surface area (Å²) in [4.78, 5) is 0. The predicted octanol–water partition coefficient (Wildman–Crippen LogP) is -1.09. The van der Waals surface area contributed by atoms with Crippen LogP contribution in [0.1, 0.15) is 6.42 Å². The molecule has 3 rings (SSSR count). The molecule has 3 saturated heterocycles. The first kappa shape index (κ1) is 10.4. The molecule has 82 valence electrons. The molecule has 0 aliphatic carbocycles. The Labute approximate surface area is 86.6 Å². The second kappa shape index (κ2) is 3.45. The van der Waals surface area contributed by atoms with Crippen LogP contribution < -0.4 is 11.5 Å². The molecule has 3 aliphatic rings. The van der Waals surface area contributed by atoms with Crippen molar-refractivity contribution in [2.75, 3.05) is 52.9 Å². The van der Waals surface area contributed by atoms with Gasteiger partial charge in [0, 0.05) is 6.42 Å². The third-order valence-corrected chi connectivity index (χ3v) is 4.28. The van der Waals surface area contributed by atoms with E-state index >= 15 is 0 Å². The molecule has 0 unspecified atom stereocenters. The molecule has 0 radical (unpaired) electrons. The molecule has 4 nitrogen and oxygen atoms in total. The van der Waals surface area contributed by atoms with Crippen LogP contribution >= 0.6 is 0 Å². The Bertz CT molecular complexity index is 190. The van der Waals surface area contributed by atoms with Crippen LogP contribution in [0.25, 0.3) is 0 Å². The molecule has 0 atom stereocenters. The number of fused-ring (bicyclic) bond motifs is 3. The Kier molecular flexibility index (Phi) is 2.55. The van der Waals surface area contributed by atoms with Gasteiger partial charge < -0.3 is 20.4 Å². The van der Waals surface area contributed by atoms with Crippen molar-refractivity contribution in [3.05, 3.63) is 0 Å². The highest BCUT2D eigenvalue weighted by atomic mass is 15.5. The fourth-order valence-corrected chi connectivity index (χ4v) is 2.79. The minimum Gasteiger partial charge on any atom is -0.316 e. The van der Waals surface area contributed by atoms with Gasteiger partial charge in [-0.25, -0.2) is 0 Å². The SMILES string of the molecule is C[N+]12CC[N+](CCC(N)N)(CC1)CC2. The van der Waals surface area contributed by atoms with Gasteiger partial charge in [-0.1, -0.05) is 0 Å². The summed E-state index contributed by atoms with van der Waals surface area (Å²) >= 11 is 0. The van der Waals surface area contributed by atoms with E-state index in [1.165, 1.54) is 54.8 Å². The largest absolute Gasteiger partial charge is 0.316 e. The van der Waals surface area contributed by atoms with Crippen LogP contribution in [0.4, 0.5) is 0 Å². The van der Waals surface area contributed by atoms with Gasteiger partial charge in [-0.05, 0) is 0 Å². The Morgan fingerprint density at radius 1 is 1.00 bits per heavy atom. The first-order chi connectivity index (χ1) is 6.54. The van der Waals surface area contributed by atoms with Crippen LogP contribution in [0.5, 0.6) is 0 Å². The number of hydrogen-bond donors (Lipinski definition) is 2. The summed E-state index contributed by atoms with van der Waals surface area (Å²) in [6, 6.07) is 0. The normalized spacial score (nSPS) is 42.0. The highest BCUT2D eigenvalue weighted by Gasteiger charge is 2.46. The van der Waals surface area contributed by atoms with Gasteiger partial charge in [0.05, 0.1) is 19.8 Å². The molecule has 4 N–H and O–H groups in total. The number of nitrogens with zero attached hydrogens (tertiary/aromatic N) is 2. The maximum absolute atomic E-state index is 5.63. The van der Waals surface area contributed by atoms with E-state index < -0.39 is 0 Å². The average molecular weight is 200 g/mol. The van der Waals surface area contributed by atoms with Crippen molar-refractivity contribution in [2.45, 2.75) is 12.6 Å². The van der Waals surface area contributed by atoms with E-state index in [0.717, 1.165) is 6.42 Å². The summed E-state index contributed by atoms with van der Waals surface area (Å²) in [5.41, 5.74) is 11.3. The summed E-state index contributed by atoms with van der Waals surface area (Å²) in [5.74, 6) is 0. The van der Waals surface area contributed by atoms with Gasteiger partial charge in [0.2, 0.25) is 0 Å². The molecule has 3 fully saturated rings. The first-order valence-electron chi connectivity index (χ1n) is 5.74. The molecular weight excluding hydrogens is 176 g/mol. The van der Waals surface area contributed by atoms with E-state index in [1.807, 2.05) is 0 Å². The van der Waals surface area contributed by atoms with Crippen molar-refractivity contribution >= 4 is 0 Å². The van der Waals surface area contributed by atoms with Gasteiger partial charge in [-0.3, -0.25) is 0 Å². The Morgan fingerprint density at radius 2 is 1.50 bits per heavy atom. The third-order valence-electron chi connectivity index (χ3n) is 4.28. The van der Waals surface area contributed by atoms with Crippen LogP contribution in [0.15, 0.2) is 0 Å². The fraction of sp³-hybridized carbons (Fsp3) is 1.00. The number of piperazine rings is 3. The van der Waals surface area contributed by atoms with Gasteiger partial charge in [-0.15, -0.1) is 0 Å². The van der Waals surface area contributed by atoms with E-state index in [0.29, 0.717) is 0 Å². The molecule has 4 heteroatoms. The van der Waals surface area contributed by atoms with Crippen LogP contribution in [0.3, 0.4) is 0 Å². The number of quaternary nitrogens is 2. The highest BCUT2D eigenvalue weighted by Crippen LogP contribution is 2.24. The number of hydrogen-bond acceptors (Lipinski definition) is 2. The topological polar surface area (TPSA) is 52.0 Å². The highest BCUT2D eigenvalue weighted by molar-refractivity contribution is 4.61. The van der Waals surface area contributed by atoms with Crippen LogP contribution in [-0.4, -0.2) is 68.0 Å². The van der Waals surface area contributed by atoms with Crippen molar-refractivity contribution in [3.8, 4) is 0 Å². The molecule has 2 bridgehead atoms. The lowest BCUT2D eigenvalue weighted by Crippen LogP contribution is -2.74. The first-order valence-corrected chi connectivity index (χ1v) is 5.74. The maximum atomic E-state index is 5.63. The zero-order valence-electron chi connectivity index (χ0n) is 9.28. The van der Waals surface area contributed by atoms with Crippen molar-refractivity contribution < 1.29 is 8.97 Å². The van der Waals surface area contributed by atoms with Crippen molar-refractivity contribution in [3.63, 3.8) is 0 Å². The second-order valence-electron chi connectivity index (χ2n) is 5.48. The molecule has 0 aromatic rings. The molecule has 0 aromatic heterocycles. The molecule has 14 heavy (non-hydrogen) atoms. The zero-order valence-corrected chi connectivity index (χ0v) is 9.28. The van der Waals surface area contributed by atoms with Crippen LogP contribution in [0.2, 0.25) is 0 Å². The monoisotopic (exact) mass is 200 g/mol. The lowest BCUT2D eigenvalue weighted by molar-refractivity contribution is -1.07. The smallest absolute Gasteiger partial charge is 0.129 e. The van der Waals surface area contributed by atoms with Gasteiger partial charge in [-0.2, -0.15) is 0 Å². The summed E-state index contributed by atoms with van der Waals surface area (Å²) in [5, 5.41) is 0. The van der Waals surface area contributed by atoms with Crippen molar-refractivity contribution in [2.24, 2.45) is 11.5 Å². The van der Waals surface area contributed by atoms with Crippen molar-refractivity contribution in [1.82, 2.24) is 0 Å². The third kappa shape index (κ3) is 1.93. The number of rotatable bonds is 3. The van der Waals surface area contributed by atoms with Crippen molar-refractivity contribution in [1.29, 1.82) is 0 Å². The summed E-state index contributed by atoms with van der Waals surface area (Å²) in [6.07, 6.45) is 0.858. The molecule has 0 saturated carbocycles. The zero-order chi connectivity index (χ0) is 10.2. The Hall–Kier alpha value is -0.160. The fourth-order valence-electron chi connectivity index (χ4n) is 2.79. The van der Waals surface area contributed by atoms with Gasteiger partial charge in [0.15, 0.2) is 0 Å². The van der Waals surface area contributed by atoms with E-state index in [4.69, 9.17) is 11.5 Å². The molecule has 3 aliphatic heterocycles. The molecule has 0 spiro atoms. The lowest BCUT2D eigenvalue weighted by atomic mass is 10.1.